The van der Waals surface area contributed by atoms with Crippen LogP contribution in [0.5, 0.6) is 0 Å². The maximum atomic E-state index is 6.66. The number of nitrogens with one attached hydrogen (secondary N) is 1. The Kier molecular flexibility index (Phi) is 12.1. The van der Waals surface area contributed by atoms with Gasteiger partial charge in [0.05, 0.1) is 0 Å². The van der Waals surface area contributed by atoms with Crippen molar-refractivity contribution in [3.63, 3.8) is 0 Å². The zero-order valence-corrected chi connectivity index (χ0v) is 29.4. The van der Waals surface area contributed by atoms with Crippen LogP contribution in [0.25, 0.3) is 38.5 Å². The average molecular weight is 652 g/mol. The molecule has 0 radical (unpaired) electrons. The summed E-state index contributed by atoms with van der Waals surface area (Å²) in [7, 11) is 0. The predicted molar refractivity (Wildman–Crippen MR) is 206 cm³/mol. The molecule has 0 amide bonds. The maximum Gasteiger partial charge on any atom is 0.0498 e. The second-order valence-corrected chi connectivity index (χ2v) is 13.2. The fraction of sp³-hybridized carbons (Fsp3) is 0.333. The van der Waals surface area contributed by atoms with E-state index in [1.807, 2.05) is 12.1 Å². The first-order chi connectivity index (χ1) is 22.5. The largest absolute Gasteiger partial charge is 0.385 e. The Morgan fingerprint density at radius 3 is 2.22 bits per heavy atom. The third kappa shape index (κ3) is 7.56. The van der Waals surface area contributed by atoms with E-state index in [0.717, 1.165) is 66.0 Å². The van der Waals surface area contributed by atoms with Gasteiger partial charge in [-0.25, -0.2) is 0 Å². The Bertz CT molecular complexity index is 1940. The lowest BCUT2D eigenvalue weighted by Crippen LogP contribution is -2.16. The molecule has 1 heterocycles. The van der Waals surface area contributed by atoms with Crippen molar-refractivity contribution in [2.24, 2.45) is 0 Å². The summed E-state index contributed by atoms with van der Waals surface area (Å²) >= 11 is 13.3. The number of nitrogens with zero attached hydrogens (tertiary/aromatic N) is 1. The normalized spacial score (nSPS) is 13.3. The number of unbranched alkanes of at least 4 members (excludes halogenated alkanes) is 3. The minimum absolute atomic E-state index is 0.804. The third-order valence-corrected chi connectivity index (χ3v) is 9.70. The number of aryl methyl sites for hydroxylation is 1. The highest BCUT2D eigenvalue weighted by atomic mass is 35.5. The molecule has 0 aliphatic heterocycles. The molecule has 0 spiro atoms. The summed E-state index contributed by atoms with van der Waals surface area (Å²) in [6.45, 7) is 10.9. The van der Waals surface area contributed by atoms with Crippen molar-refractivity contribution in [1.82, 2.24) is 4.57 Å². The summed E-state index contributed by atoms with van der Waals surface area (Å²) < 4.78 is 2.47. The molecule has 0 aliphatic carbocycles. The van der Waals surface area contributed by atoms with Crippen molar-refractivity contribution < 1.29 is 0 Å². The average Bonchev–Trinajstić information content (AvgIpc) is 3.37. The summed E-state index contributed by atoms with van der Waals surface area (Å²) in [5.41, 5.74) is 6.43. The number of halogens is 2. The van der Waals surface area contributed by atoms with Gasteiger partial charge in [-0.3, -0.25) is 0 Å². The van der Waals surface area contributed by atoms with Gasteiger partial charge in [-0.1, -0.05) is 124 Å². The third-order valence-electron chi connectivity index (χ3n) is 9.04. The van der Waals surface area contributed by atoms with Crippen molar-refractivity contribution in [2.75, 3.05) is 11.9 Å². The molecule has 0 aliphatic rings. The number of fused-ring (bicyclic) bond motifs is 1. The van der Waals surface area contributed by atoms with Gasteiger partial charge in [0.25, 0.3) is 0 Å². The summed E-state index contributed by atoms with van der Waals surface area (Å²) in [5, 5.41) is 12.5. The highest BCUT2D eigenvalue weighted by molar-refractivity contribution is 6.37. The quantitative estimate of drug-likeness (QED) is 0.0880. The van der Waals surface area contributed by atoms with Crippen LogP contribution in [-0.4, -0.2) is 11.1 Å². The highest BCUT2D eigenvalue weighted by Crippen LogP contribution is 2.34. The molecule has 4 aromatic carbocycles. The van der Waals surface area contributed by atoms with E-state index in [4.69, 9.17) is 23.2 Å². The highest BCUT2D eigenvalue weighted by Gasteiger charge is 2.13. The van der Waals surface area contributed by atoms with Crippen molar-refractivity contribution in [3.05, 3.63) is 117 Å². The van der Waals surface area contributed by atoms with Crippen LogP contribution in [0.4, 0.5) is 5.69 Å². The van der Waals surface area contributed by atoms with Gasteiger partial charge in [0, 0.05) is 66.6 Å². The van der Waals surface area contributed by atoms with Gasteiger partial charge in [0.2, 0.25) is 0 Å². The minimum Gasteiger partial charge on any atom is -0.385 e. The van der Waals surface area contributed by atoms with E-state index in [9.17, 15) is 0 Å². The Labute approximate surface area is 285 Å². The van der Waals surface area contributed by atoms with Crippen LogP contribution in [0.2, 0.25) is 10.0 Å². The molecule has 0 saturated heterocycles. The number of aromatic nitrogens is 1. The van der Waals surface area contributed by atoms with Crippen LogP contribution in [0.3, 0.4) is 0 Å². The number of hydrogen-bond acceptors (Lipinski definition) is 1. The van der Waals surface area contributed by atoms with Crippen molar-refractivity contribution >= 4 is 67.4 Å². The maximum absolute atomic E-state index is 6.66. The van der Waals surface area contributed by atoms with E-state index >= 15 is 0 Å². The smallest absolute Gasteiger partial charge is 0.0498 e. The number of benzene rings is 4. The summed E-state index contributed by atoms with van der Waals surface area (Å²) in [6.07, 6.45) is 20.4. The molecule has 2 nitrogen and oxygen atoms in total. The van der Waals surface area contributed by atoms with Gasteiger partial charge >= 0.3 is 0 Å². The molecular formula is C42H48Cl2N2. The first kappa shape index (κ1) is 33.9. The van der Waals surface area contributed by atoms with Gasteiger partial charge in [0.1, 0.15) is 0 Å². The Hall–Kier alpha value is -3.46. The van der Waals surface area contributed by atoms with Gasteiger partial charge in [0.15, 0.2) is 0 Å². The molecule has 1 N–H and O–H groups in total. The predicted octanol–water partition coefficient (Wildman–Crippen LogP) is 12.6. The van der Waals surface area contributed by atoms with Gasteiger partial charge < -0.3 is 9.88 Å². The first-order valence-corrected chi connectivity index (χ1v) is 17.9. The Morgan fingerprint density at radius 1 is 0.761 bits per heavy atom. The van der Waals surface area contributed by atoms with E-state index < -0.39 is 0 Å². The van der Waals surface area contributed by atoms with Gasteiger partial charge in [-0.05, 0) is 86.1 Å². The molecule has 0 saturated carbocycles. The number of rotatable bonds is 15. The topological polar surface area (TPSA) is 17.0 Å². The van der Waals surface area contributed by atoms with Gasteiger partial charge in [-0.15, -0.1) is 0 Å². The molecule has 4 heteroatoms. The molecule has 5 rings (SSSR count). The lowest BCUT2D eigenvalue weighted by atomic mass is 9.98. The van der Waals surface area contributed by atoms with E-state index in [1.54, 1.807) is 0 Å². The number of hydrogen-bond donors (Lipinski definition) is 1. The van der Waals surface area contributed by atoms with Crippen LogP contribution in [0.1, 0.15) is 78.2 Å². The molecule has 0 unspecified atom stereocenters. The fourth-order valence-electron chi connectivity index (χ4n) is 6.46. The number of anilines is 1. The van der Waals surface area contributed by atoms with E-state index in [1.165, 1.54) is 68.7 Å². The van der Waals surface area contributed by atoms with Crippen LogP contribution in [0.15, 0.2) is 96.1 Å². The first-order valence-electron chi connectivity index (χ1n) is 17.2. The summed E-state index contributed by atoms with van der Waals surface area (Å²) in [6, 6.07) is 21.4. The van der Waals surface area contributed by atoms with Gasteiger partial charge in [-0.2, -0.15) is 0 Å². The molecule has 0 fully saturated rings. The second-order valence-electron chi connectivity index (χ2n) is 12.3. The minimum atomic E-state index is 0.804. The number of allylic oxidation sites excluding steroid dienone is 6. The lowest BCUT2D eigenvalue weighted by Gasteiger charge is -2.14. The molecular weight excluding hydrogens is 603 g/mol. The Morgan fingerprint density at radius 2 is 1.46 bits per heavy atom. The van der Waals surface area contributed by atoms with Crippen molar-refractivity contribution in [2.45, 2.75) is 85.6 Å². The molecule has 1 aromatic heterocycles. The molecule has 46 heavy (non-hydrogen) atoms. The monoisotopic (exact) mass is 650 g/mol. The van der Waals surface area contributed by atoms with E-state index in [-0.39, 0.29) is 0 Å². The second kappa shape index (κ2) is 16.4. The van der Waals surface area contributed by atoms with Crippen LogP contribution in [-0.2, 0) is 13.0 Å². The van der Waals surface area contributed by atoms with Crippen LogP contribution in [0, 0.1) is 0 Å². The van der Waals surface area contributed by atoms with Crippen LogP contribution >= 0.6 is 23.2 Å². The molecule has 240 valence electrons. The molecule has 5 aromatic rings. The van der Waals surface area contributed by atoms with Crippen molar-refractivity contribution in [1.29, 1.82) is 0 Å². The van der Waals surface area contributed by atoms with Crippen LogP contribution < -0.4 is 10.7 Å². The lowest BCUT2D eigenvalue weighted by molar-refractivity contribution is 0.640. The fourth-order valence-corrected chi connectivity index (χ4v) is 6.91. The van der Waals surface area contributed by atoms with E-state index in [2.05, 4.69) is 116 Å². The summed E-state index contributed by atoms with van der Waals surface area (Å²) in [5.74, 6) is 0. The standard InChI is InChI=1S/C42H48Cl2N2/c1-5-8-16-31(17-12-18-32-19-13-20-33-36(43)24-26-38(41(32)33)45-28-9-6-2)30(4)15-11-23-39-35-22-14-21-34-37(44)25-27-40(42(34)35)46(39)29-10-7-3/h11-15,17,19-27,45H,5-10,16,18,28-29H2,1-4H3/b15-11+,17-12+,31-30+,39-23+. The van der Waals surface area contributed by atoms with Crippen molar-refractivity contribution in [3.8, 4) is 0 Å². The Balaban J connectivity index is 1.47. The SMILES string of the molecule is CCCCNc1ccc(Cl)c2cccc(C/C=C/C(CCCC)=C(C)/C=C/C=c3\c4cccc5c(Cl)ccc(c54)n3CCCC)c12. The zero-order chi connectivity index (χ0) is 32.5. The van der Waals surface area contributed by atoms with E-state index in [0.29, 0.717) is 0 Å². The zero-order valence-electron chi connectivity index (χ0n) is 27.9. The molecule has 0 atom stereocenters. The molecule has 0 bridgehead atoms. The summed E-state index contributed by atoms with van der Waals surface area (Å²) in [4.78, 5) is 0.